The van der Waals surface area contributed by atoms with Crippen LogP contribution in [0.25, 0.3) is 4.85 Å². The minimum atomic E-state index is 0.484. The Morgan fingerprint density at radius 2 is 2.31 bits per heavy atom. The lowest BCUT2D eigenvalue weighted by atomic mass is 10.1. The van der Waals surface area contributed by atoms with Crippen molar-refractivity contribution in [2.75, 3.05) is 13.7 Å². The third kappa shape index (κ3) is 2.64. The van der Waals surface area contributed by atoms with E-state index in [2.05, 4.69) is 4.85 Å². The predicted octanol–water partition coefficient (Wildman–Crippen LogP) is 2.81. The summed E-state index contributed by atoms with van der Waals surface area (Å²) in [6.07, 6.45) is 0.712. The molecular formula is C10H10ClNO. The largest absolute Gasteiger partial charge is 0.496 e. The summed E-state index contributed by atoms with van der Waals surface area (Å²) in [4.78, 5) is 3.29. The SMILES string of the molecule is [C-]#[N+]CCc1ccc(Cl)cc1OC. The van der Waals surface area contributed by atoms with Crippen molar-refractivity contribution in [1.29, 1.82) is 0 Å². The van der Waals surface area contributed by atoms with Gasteiger partial charge in [0.1, 0.15) is 5.75 Å². The molecule has 0 spiro atoms. The summed E-state index contributed by atoms with van der Waals surface area (Å²) in [6, 6.07) is 5.47. The maximum Gasteiger partial charge on any atom is 0.218 e. The molecule has 3 heteroatoms. The van der Waals surface area contributed by atoms with Crippen LogP contribution >= 0.6 is 11.6 Å². The topological polar surface area (TPSA) is 13.6 Å². The van der Waals surface area contributed by atoms with Crippen LogP contribution < -0.4 is 4.74 Å². The van der Waals surface area contributed by atoms with E-state index < -0.39 is 0 Å². The van der Waals surface area contributed by atoms with Gasteiger partial charge in [-0.3, -0.25) is 0 Å². The Bertz CT molecular complexity index is 330. The van der Waals surface area contributed by atoms with Crippen molar-refractivity contribution in [3.63, 3.8) is 0 Å². The summed E-state index contributed by atoms with van der Waals surface area (Å²) in [5, 5.41) is 0.656. The summed E-state index contributed by atoms with van der Waals surface area (Å²) < 4.78 is 5.14. The monoisotopic (exact) mass is 195 g/mol. The molecule has 0 aliphatic carbocycles. The number of hydrogen-bond acceptors (Lipinski definition) is 1. The van der Waals surface area contributed by atoms with Gasteiger partial charge in [-0.25, -0.2) is 6.57 Å². The molecule has 0 saturated heterocycles. The molecule has 1 aromatic carbocycles. The van der Waals surface area contributed by atoms with Crippen molar-refractivity contribution >= 4 is 11.6 Å². The smallest absolute Gasteiger partial charge is 0.218 e. The Morgan fingerprint density at radius 1 is 1.54 bits per heavy atom. The van der Waals surface area contributed by atoms with Gasteiger partial charge in [-0.1, -0.05) is 17.7 Å². The normalized spacial score (nSPS) is 9.31. The van der Waals surface area contributed by atoms with Gasteiger partial charge >= 0.3 is 0 Å². The van der Waals surface area contributed by atoms with Gasteiger partial charge < -0.3 is 9.58 Å². The van der Waals surface area contributed by atoms with Gasteiger partial charge in [0.15, 0.2) is 0 Å². The lowest BCUT2D eigenvalue weighted by molar-refractivity contribution is 0.410. The Kier molecular flexibility index (Phi) is 3.60. The van der Waals surface area contributed by atoms with Crippen LogP contribution in [0.3, 0.4) is 0 Å². The zero-order valence-electron chi connectivity index (χ0n) is 7.38. The van der Waals surface area contributed by atoms with Crippen LogP contribution in [0, 0.1) is 6.57 Å². The van der Waals surface area contributed by atoms with E-state index in [1.54, 1.807) is 13.2 Å². The maximum atomic E-state index is 6.68. The molecule has 0 bridgehead atoms. The molecular weight excluding hydrogens is 186 g/mol. The highest BCUT2D eigenvalue weighted by Gasteiger charge is 2.04. The van der Waals surface area contributed by atoms with Gasteiger partial charge in [-0.15, -0.1) is 0 Å². The van der Waals surface area contributed by atoms with Crippen LogP contribution in [0.4, 0.5) is 0 Å². The van der Waals surface area contributed by atoms with Crippen LogP contribution in [0.15, 0.2) is 18.2 Å². The molecule has 2 nitrogen and oxygen atoms in total. The number of benzene rings is 1. The summed E-state index contributed by atoms with van der Waals surface area (Å²) in [5.41, 5.74) is 1.03. The first kappa shape index (κ1) is 9.88. The van der Waals surface area contributed by atoms with E-state index in [1.165, 1.54) is 0 Å². The second-order valence-corrected chi connectivity index (χ2v) is 3.02. The lowest BCUT2D eigenvalue weighted by Gasteiger charge is -2.05. The van der Waals surface area contributed by atoms with E-state index in [0.29, 0.717) is 18.0 Å². The number of rotatable bonds is 3. The van der Waals surface area contributed by atoms with Gasteiger partial charge in [-0.05, 0) is 12.1 Å². The van der Waals surface area contributed by atoms with Crippen molar-refractivity contribution in [1.82, 2.24) is 0 Å². The lowest BCUT2D eigenvalue weighted by Crippen LogP contribution is -1.93. The standard InChI is InChI=1S/C10H10ClNO/c1-12-6-5-8-3-4-9(11)7-10(8)13-2/h3-4,7H,5-6H2,2H3. The van der Waals surface area contributed by atoms with E-state index in [1.807, 2.05) is 12.1 Å². The van der Waals surface area contributed by atoms with Crippen molar-refractivity contribution in [2.45, 2.75) is 6.42 Å². The minimum Gasteiger partial charge on any atom is -0.496 e. The fourth-order valence-electron chi connectivity index (χ4n) is 1.10. The first-order chi connectivity index (χ1) is 6.27. The fraction of sp³-hybridized carbons (Fsp3) is 0.300. The molecule has 0 fully saturated rings. The molecule has 0 aliphatic heterocycles. The maximum absolute atomic E-state index is 6.68. The molecule has 68 valence electrons. The quantitative estimate of drug-likeness (QED) is 0.677. The molecule has 0 N–H and O–H groups in total. The number of nitrogens with zero attached hydrogens (tertiary/aromatic N) is 1. The Labute approximate surface area is 82.9 Å². The summed E-state index contributed by atoms with van der Waals surface area (Å²) in [6.45, 7) is 7.16. The van der Waals surface area contributed by atoms with Crippen molar-refractivity contribution in [3.05, 3.63) is 40.2 Å². The van der Waals surface area contributed by atoms with Gasteiger partial charge in [0.25, 0.3) is 0 Å². The van der Waals surface area contributed by atoms with Crippen LogP contribution in [0.2, 0.25) is 5.02 Å². The molecule has 0 aliphatic rings. The molecule has 0 aromatic heterocycles. The minimum absolute atomic E-state index is 0.484. The Morgan fingerprint density at radius 3 is 2.92 bits per heavy atom. The van der Waals surface area contributed by atoms with Gasteiger partial charge in [-0.2, -0.15) is 0 Å². The number of halogens is 1. The highest BCUT2D eigenvalue weighted by molar-refractivity contribution is 6.30. The number of methoxy groups -OCH3 is 1. The third-order valence-corrected chi connectivity index (χ3v) is 1.98. The molecule has 1 rings (SSSR count). The molecule has 0 heterocycles. The van der Waals surface area contributed by atoms with Crippen molar-refractivity contribution < 1.29 is 4.74 Å². The number of hydrogen-bond donors (Lipinski definition) is 0. The van der Waals surface area contributed by atoms with Crippen LogP contribution in [0.1, 0.15) is 5.56 Å². The second-order valence-electron chi connectivity index (χ2n) is 2.59. The highest BCUT2D eigenvalue weighted by atomic mass is 35.5. The Hall–Kier alpha value is -1.20. The fourth-order valence-corrected chi connectivity index (χ4v) is 1.26. The van der Waals surface area contributed by atoms with Crippen molar-refractivity contribution in [2.24, 2.45) is 0 Å². The number of ether oxygens (including phenoxy) is 1. The van der Waals surface area contributed by atoms with Crippen LogP contribution in [-0.4, -0.2) is 13.7 Å². The van der Waals surface area contributed by atoms with E-state index in [0.717, 1.165) is 11.3 Å². The average Bonchev–Trinajstić information content (AvgIpc) is 2.16. The van der Waals surface area contributed by atoms with E-state index in [4.69, 9.17) is 22.9 Å². The average molecular weight is 196 g/mol. The second kappa shape index (κ2) is 4.74. The van der Waals surface area contributed by atoms with Gasteiger partial charge in [0.05, 0.1) is 7.11 Å². The Balaban J connectivity index is 2.87. The molecule has 13 heavy (non-hydrogen) atoms. The molecule has 1 aromatic rings. The first-order valence-corrected chi connectivity index (χ1v) is 4.31. The van der Waals surface area contributed by atoms with E-state index in [9.17, 15) is 0 Å². The van der Waals surface area contributed by atoms with E-state index >= 15 is 0 Å². The summed E-state index contributed by atoms with van der Waals surface area (Å²) >= 11 is 5.79. The first-order valence-electron chi connectivity index (χ1n) is 3.93. The summed E-state index contributed by atoms with van der Waals surface area (Å²) in [7, 11) is 1.60. The molecule has 0 unspecified atom stereocenters. The van der Waals surface area contributed by atoms with Crippen LogP contribution in [-0.2, 0) is 6.42 Å². The van der Waals surface area contributed by atoms with Gasteiger partial charge in [0, 0.05) is 17.0 Å². The summed E-state index contributed by atoms with van der Waals surface area (Å²) in [5.74, 6) is 0.760. The molecule has 0 radical (unpaired) electrons. The van der Waals surface area contributed by atoms with Crippen LogP contribution in [0.5, 0.6) is 5.75 Å². The van der Waals surface area contributed by atoms with E-state index in [-0.39, 0.29) is 0 Å². The molecule has 0 amide bonds. The third-order valence-electron chi connectivity index (χ3n) is 1.74. The molecule has 0 atom stereocenters. The zero-order valence-corrected chi connectivity index (χ0v) is 8.14. The van der Waals surface area contributed by atoms with Gasteiger partial charge in [0.2, 0.25) is 6.54 Å². The molecule has 0 saturated carbocycles. The zero-order chi connectivity index (χ0) is 9.68. The predicted molar refractivity (Wildman–Crippen MR) is 53.2 cm³/mol. The van der Waals surface area contributed by atoms with Crippen molar-refractivity contribution in [3.8, 4) is 5.75 Å². The highest BCUT2D eigenvalue weighted by Crippen LogP contribution is 2.23.